The van der Waals surface area contributed by atoms with Gasteiger partial charge in [0.15, 0.2) is 0 Å². The molecule has 7 heteroatoms. The third-order valence-electron chi connectivity index (χ3n) is 2.46. The summed E-state index contributed by atoms with van der Waals surface area (Å²) < 4.78 is 4.87. The lowest BCUT2D eigenvalue weighted by Crippen LogP contribution is -2.43. The van der Waals surface area contributed by atoms with Crippen LogP contribution in [0.1, 0.15) is 6.42 Å². The molecule has 6 nitrogen and oxygen atoms in total. The highest BCUT2D eigenvalue weighted by atomic mass is 35.5. The summed E-state index contributed by atoms with van der Waals surface area (Å²) in [6.07, 6.45) is 0.651. The van der Waals surface area contributed by atoms with E-state index in [1.54, 1.807) is 31.4 Å². The van der Waals surface area contributed by atoms with Crippen LogP contribution in [0.3, 0.4) is 0 Å². The number of rotatable bonds is 7. The number of hydrogen-bond donors (Lipinski definition) is 2. The summed E-state index contributed by atoms with van der Waals surface area (Å²) in [5, 5.41) is 12.0. The van der Waals surface area contributed by atoms with Crippen LogP contribution in [-0.2, 0) is 9.53 Å². The lowest BCUT2D eigenvalue weighted by Gasteiger charge is -2.21. The van der Waals surface area contributed by atoms with E-state index in [9.17, 15) is 9.59 Å². The van der Waals surface area contributed by atoms with E-state index in [2.05, 4.69) is 5.32 Å². The normalized spacial score (nSPS) is 10.1. The molecule has 0 saturated carbocycles. The molecule has 0 radical (unpaired) electrons. The van der Waals surface area contributed by atoms with Crippen molar-refractivity contribution in [3.05, 3.63) is 29.3 Å². The van der Waals surface area contributed by atoms with Gasteiger partial charge in [-0.25, -0.2) is 4.79 Å². The molecule has 2 amide bonds. The third-order valence-corrected chi connectivity index (χ3v) is 2.69. The van der Waals surface area contributed by atoms with E-state index in [0.717, 1.165) is 4.90 Å². The maximum Gasteiger partial charge on any atom is 0.323 e. The highest BCUT2D eigenvalue weighted by Crippen LogP contribution is 2.19. The van der Waals surface area contributed by atoms with Crippen molar-refractivity contribution >= 4 is 29.3 Å². The number of nitrogens with one attached hydrogen (secondary N) is 1. The van der Waals surface area contributed by atoms with Crippen molar-refractivity contribution in [2.24, 2.45) is 0 Å². The van der Waals surface area contributed by atoms with E-state index in [-0.39, 0.29) is 0 Å². The van der Waals surface area contributed by atoms with Crippen molar-refractivity contribution in [3.8, 4) is 0 Å². The molecule has 0 aliphatic heterocycles. The number of aliphatic carboxylic acids is 1. The molecule has 1 aromatic rings. The maximum absolute atomic E-state index is 12.0. The minimum atomic E-state index is -1.10. The summed E-state index contributed by atoms with van der Waals surface area (Å²) >= 11 is 5.85. The fourth-order valence-electron chi connectivity index (χ4n) is 1.57. The SMILES string of the molecule is COCCCNC(=O)N(CC(=O)O)c1cccc(Cl)c1. The average Bonchev–Trinajstić information content (AvgIpc) is 2.40. The van der Waals surface area contributed by atoms with Crippen molar-refractivity contribution in [1.82, 2.24) is 5.32 Å². The number of benzene rings is 1. The predicted octanol–water partition coefficient (Wildman–Crippen LogP) is 1.98. The monoisotopic (exact) mass is 300 g/mol. The summed E-state index contributed by atoms with van der Waals surface area (Å²) in [7, 11) is 1.57. The number of urea groups is 1. The zero-order chi connectivity index (χ0) is 15.0. The molecule has 0 fully saturated rings. The third kappa shape index (κ3) is 5.46. The number of carboxylic acid groups (broad SMARTS) is 1. The molecule has 110 valence electrons. The van der Waals surface area contributed by atoms with Crippen molar-refractivity contribution in [2.45, 2.75) is 6.42 Å². The van der Waals surface area contributed by atoms with Crippen LogP contribution in [0.5, 0.6) is 0 Å². The largest absolute Gasteiger partial charge is 0.480 e. The molecule has 0 aliphatic carbocycles. The highest BCUT2D eigenvalue weighted by molar-refractivity contribution is 6.30. The van der Waals surface area contributed by atoms with Gasteiger partial charge in [0.2, 0.25) is 0 Å². The number of hydrogen-bond acceptors (Lipinski definition) is 3. The van der Waals surface area contributed by atoms with E-state index in [1.807, 2.05) is 0 Å². The summed E-state index contributed by atoms with van der Waals surface area (Å²) in [6, 6.07) is 6.00. The molecular weight excluding hydrogens is 284 g/mol. The number of halogens is 1. The van der Waals surface area contributed by atoms with Crippen molar-refractivity contribution in [2.75, 3.05) is 31.7 Å². The minimum absolute atomic E-state index is 0.406. The Morgan fingerprint density at radius 1 is 1.45 bits per heavy atom. The first kappa shape index (κ1) is 16.3. The van der Waals surface area contributed by atoms with E-state index in [1.165, 1.54) is 0 Å². The molecule has 1 aromatic carbocycles. The van der Waals surface area contributed by atoms with E-state index >= 15 is 0 Å². The standard InChI is InChI=1S/C13H17ClN2O4/c1-20-7-3-6-15-13(19)16(9-12(17)18)11-5-2-4-10(14)8-11/h2,4-5,8H,3,6-7,9H2,1H3,(H,15,19)(H,17,18). The fraction of sp³-hybridized carbons (Fsp3) is 0.385. The second-order valence-electron chi connectivity index (χ2n) is 4.04. The average molecular weight is 301 g/mol. The molecule has 0 bridgehead atoms. The van der Waals surface area contributed by atoms with Crippen LogP contribution >= 0.6 is 11.6 Å². The highest BCUT2D eigenvalue weighted by Gasteiger charge is 2.18. The van der Waals surface area contributed by atoms with Crippen LogP contribution in [0.15, 0.2) is 24.3 Å². The van der Waals surface area contributed by atoms with Gasteiger partial charge in [0.25, 0.3) is 0 Å². The van der Waals surface area contributed by atoms with E-state index < -0.39 is 18.5 Å². The van der Waals surface area contributed by atoms with Gasteiger partial charge < -0.3 is 15.2 Å². The number of carbonyl (C=O) groups excluding carboxylic acids is 1. The Kier molecular flexibility index (Phi) is 6.83. The quantitative estimate of drug-likeness (QED) is 0.755. The Bertz CT molecular complexity index is 467. The summed E-state index contributed by atoms with van der Waals surface area (Å²) in [4.78, 5) is 24.0. The van der Waals surface area contributed by atoms with Gasteiger partial charge in [-0.3, -0.25) is 9.69 Å². The van der Waals surface area contributed by atoms with Crippen LogP contribution in [0.2, 0.25) is 5.02 Å². The Labute approximate surface area is 122 Å². The lowest BCUT2D eigenvalue weighted by molar-refractivity contribution is -0.135. The summed E-state index contributed by atoms with van der Waals surface area (Å²) in [6.45, 7) is 0.496. The second kappa shape index (κ2) is 8.39. The van der Waals surface area contributed by atoms with Gasteiger partial charge >= 0.3 is 12.0 Å². The second-order valence-corrected chi connectivity index (χ2v) is 4.47. The molecule has 0 atom stereocenters. The predicted molar refractivity (Wildman–Crippen MR) is 76.3 cm³/mol. The van der Waals surface area contributed by atoms with E-state index in [4.69, 9.17) is 21.4 Å². The molecule has 0 aliphatic rings. The van der Waals surface area contributed by atoms with Crippen LogP contribution in [0.25, 0.3) is 0 Å². The fourth-order valence-corrected chi connectivity index (χ4v) is 1.75. The van der Waals surface area contributed by atoms with Gasteiger partial charge in [-0.15, -0.1) is 0 Å². The van der Waals surface area contributed by atoms with Gasteiger partial charge in [-0.05, 0) is 24.6 Å². The van der Waals surface area contributed by atoms with Gasteiger partial charge in [-0.1, -0.05) is 17.7 Å². The van der Waals surface area contributed by atoms with Crippen LogP contribution in [0, 0.1) is 0 Å². The Balaban J connectivity index is 2.73. The number of methoxy groups -OCH3 is 1. The molecule has 0 unspecified atom stereocenters. The Morgan fingerprint density at radius 3 is 2.80 bits per heavy atom. The number of nitrogens with zero attached hydrogens (tertiary/aromatic N) is 1. The first-order chi connectivity index (χ1) is 9.54. The van der Waals surface area contributed by atoms with Gasteiger partial charge in [0.1, 0.15) is 6.54 Å². The number of carbonyl (C=O) groups is 2. The molecule has 0 heterocycles. The van der Waals surface area contributed by atoms with Crippen molar-refractivity contribution in [3.63, 3.8) is 0 Å². The zero-order valence-corrected chi connectivity index (χ0v) is 11.9. The summed E-state index contributed by atoms with van der Waals surface area (Å²) in [5.74, 6) is -1.10. The number of anilines is 1. The zero-order valence-electron chi connectivity index (χ0n) is 11.1. The molecule has 20 heavy (non-hydrogen) atoms. The number of amides is 2. The molecule has 1 rings (SSSR count). The Hall–Kier alpha value is -1.79. The number of ether oxygens (including phenoxy) is 1. The summed E-state index contributed by atoms with van der Waals surface area (Å²) in [5.41, 5.74) is 0.434. The topological polar surface area (TPSA) is 78.9 Å². The van der Waals surface area contributed by atoms with Gasteiger partial charge in [0, 0.05) is 31.0 Å². The van der Waals surface area contributed by atoms with Gasteiger partial charge in [-0.2, -0.15) is 0 Å². The van der Waals surface area contributed by atoms with Crippen molar-refractivity contribution < 1.29 is 19.4 Å². The maximum atomic E-state index is 12.0. The molecule has 0 aromatic heterocycles. The Morgan fingerprint density at radius 2 is 2.20 bits per heavy atom. The van der Waals surface area contributed by atoms with E-state index in [0.29, 0.717) is 30.3 Å². The minimum Gasteiger partial charge on any atom is -0.480 e. The first-order valence-corrected chi connectivity index (χ1v) is 6.44. The van der Waals surface area contributed by atoms with Crippen LogP contribution in [0.4, 0.5) is 10.5 Å². The smallest absolute Gasteiger partial charge is 0.323 e. The first-order valence-electron chi connectivity index (χ1n) is 6.06. The number of carboxylic acids is 1. The lowest BCUT2D eigenvalue weighted by atomic mass is 10.3. The molecule has 0 saturated heterocycles. The molecular formula is C13H17ClN2O4. The molecule has 2 N–H and O–H groups in total. The van der Waals surface area contributed by atoms with Crippen LogP contribution < -0.4 is 10.2 Å². The van der Waals surface area contributed by atoms with Crippen LogP contribution in [-0.4, -0.2) is 43.9 Å². The molecule has 0 spiro atoms. The van der Waals surface area contributed by atoms with Crippen molar-refractivity contribution in [1.29, 1.82) is 0 Å². The van der Waals surface area contributed by atoms with Gasteiger partial charge in [0.05, 0.1) is 0 Å².